The molecule has 17 heavy (non-hydrogen) atoms. The second-order valence-electron chi connectivity index (χ2n) is 5.12. The summed E-state index contributed by atoms with van der Waals surface area (Å²) < 4.78 is 0. The van der Waals surface area contributed by atoms with E-state index in [-0.39, 0.29) is 0 Å². The molecule has 0 heterocycles. The van der Waals surface area contributed by atoms with Gasteiger partial charge in [-0.15, -0.1) is 12.3 Å². The van der Waals surface area contributed by atoms with E-state index < -0.39 is 5.60 Å². The molecule has 0 aromatic heterocycles. The van der Waals surface area contributed by atoms with E-state index in [9.17, 15) is 5.11 Å². The highest BCUT2D eigenvalue weighted by atomic mass is 16.3. The molecule has 2 rings (SSSR count). The van der Waals surface area contributed by atoms with Gasteiger partial charge in [-0.25, -0.2) is 0 Å². The Morgan fingerprint density at radius 2 is 2.24 bits per heavy atom. The number of rotatable bonds is 3. The number of hydrogen-bond acceptors (Lipinski definition) is 1. The summed E-state index contributed by atoms with van der Waals surface area (Å²) in [6.07, 6.45) is 9.62. The van der Waals surface area contributed by atoms with Gasteiger partial charge in [0.05, 0.1) is 5.60 Å². The maximum absolute atomic E-state index is 10.8. The molecule has 90 valence electrons. The van der Waals surface area contributed by atoms with Crippen LogP contribution in [0.25, 0.3) is 0 Å². The van der Waals surface area contributed by atoms with E-state index in [1.807, 2.05) is 6.07 Å². The van der Waals surface area contributed by atoms with Crippen LogP contribution in [0.2, 0.25) is 0 Å². The van der Waals surface area contributed by atoms with Crippen LogP contribution in [-0.2, 0) is 5.60 Å². The van der Waals surface area contributed by atoms with E-state index in [4.69, 9.17) is 6.42 Å². The van der Waals surface area contributed by atoms with Crippen LogP contribution in [0.3, 0.4) is 0 Å². The minimum atomic E-state index is -0.653. The predicted molar refractivity (Wildman–Crippen MR) is 70.7 cm³/mol. The van der Waals surface area contributed by atoms with Crippen LogP contribution in [0, 0.1) is 12.3 Å². The van der Waals surface area contributed by atoms with Gasteiger partial charge in [0.25, 0.3) is 0 Å². The third kappa shape index (κ3) is 2.37. The van der Waals surface area contributed by atoms with E-state index >= 15 is 0 Å². The topological polar surface area (TPSA) is 20.2 Å². The fourth-order valence-electron chi connectivity index (χ4n) is 2.84. The fourth-order valence-corrected chi connectivity index (χ4v) is 2.84. The van der Waals surface area contributed by atoms with Crippen LogP contribution in [0.15, 0.2) is 24.3 Å². The molecule has 1 nitrogen and oxygen atoms in total. The Hall–Kier alpha value is -1.26. The van der Waals surface area contributed by atoms with Crippen LogP contribution in [0.5, 0.6) is 0 Å². The van der Waals surface area contributed by atoms with Crippen LogP contribution >= 0.6 is 0 Å². The van der Waals surface area contributed by atoms with Gasteiger partial charge >= 0.3 is 0 Å². The summed E-state index contributed by atoms with van der Waals surface area (Å²) in [6, 6.07) is 8.29. The van der Waals surface area contributed by atoms with Gasteiger partial charge < -0.3 is 5.11 Å². The van der Waals surface area contributed by atoms with Crippen molar-refractivity contribution in [1.29, 1.82) is 0 Å². The maximum atomic E-state index is 10.8. The number of fused-ring (bicyclic) bond motifs is 1. The van der Waals surface area contributed by atoms with E-state index in [1.54, 1.807) is 0 Å². The minimum Gasteiger partial charge on any atom is -0.385 e. The van der Waals surface area contributed by atoms with Crippen molar-refractivity contribution in [1.82, 2.24) is 0 Å². The number of hydrogen-bond donors (Lipinski definition) is 1. The van der Waals surface area contributed by atoms with E-state index in [2.05, 4.69) is 31.0 Å². The van der Waals surface area contributed by atoms with Gasteiger partial charge in [-0.3, -0.25) is 0 Å². The zero-order chi connectivity index (χ0) is 12.3. The second-order valence-corrected chi connectivity index (χ2v) is 5.12. The van der Waals surface area contributed by atoms with Crippen LogP contribution in [-0.4, -0.2) is 5.11 Å². The van der Waals surface area contributed by atoms with Gasteiger partial charge in [0.15, 0.2) is 0 Å². The molecule has 0 radical (unpaired) electrons. The lowest BCUT2D eigenvalue weighted by Crippen LogP contribution is -2.31. The Morgan fingerprint density at radius 3 is 3.00 bits per heavy atom. The lowest BCUT2D eigenvalue weighted by molar-refractivity contribution is 0.00557. The molecule has 1 heteroatoms. The lowest BCUT2D eigenvalue weighted by Gasteiger charge is -2.37. The largest absolute Gasteiger partial charge is 0.385 e. The number of unbranched alkanes of at least 4 members (excludes halogenated alkanes) is 1. The van der Waals surface area contributed by atoms with Crippen molar-refractivity contribution < 1.29 is 5.11 Å². The Balaban J connectivity index is 2.26. The molecule has 0 spiro atoms. The van der Waals surface area contributed by atoms with Gasteiger partial charge in [0.1, 0.15) is 0 Å². The normalized spacial score (nSPS) is 27.2. The van der Waals surface area contributed by atoms with Crippen molar-refractivity contribution in [2.24, 2.45) is 0 Å². The number of terminal acetylenes is 1. The van der Waals surface area contributed by atoms with Crippen LogP contribution in [0.4, 0.5) is 0 Å². The Bertz CT molecular complexity index is 429. The van der Waals surface area contributed by atoms with Crippen molar-refractivity contribution >= 4 is 0 Å². The van der Waals surface area contributed by atoms with Gasteiger partial charge in [0, 0.05) is 6.42 Å². The SMILES string of the molecule is C#CCCCC1(O)CCC(C)c2ccccc21. The smallest absolute Gasteiger partial charge is 0.0899 e. The quantitative estimate of drug-likeness (QED) is 0.619. The molecular weight excluding hydrogens is 208 g/mol. The third-order valence-electron chi connectivity index (χ3n) is 3.90. The second kappa shape index (κ2) is 4.94. The minimum absolute atomic E-state index is 0.555. The molecule has 1 aliphatic carbocycles. The van der Waals surface area contributed by atoms with Gasteiger partial charge in [0.2, 0.25) is 0 Å². The monoisotopic (exact) mass is 228 g/mol. The molecule has 0 amide bonds. The van der Waals surface area contributed by atoms with Crippen molar-refractivity contribution in [3.05, 3.63) is 35.4 Å². The van der Waals surface area contributed by atoms with Crippen LogP contribution < -0.4 is 0 Å². The summed E-state index contributed by atoms with van der Waals surface area (Å²) in [5.41, 5.74) is 1.78. The molecule has 1 aromatic rings. The van der Waals surface area contributed by atoms with Crippen molar-refractivity contribution in [2.45, 2.75) is 50.5 Å². The average Bonchev–Trinajstić information content (AvgIpc) is 2.35. The highest BCUT2D eigenvalue weighted by Crippen LogP contribution is 2.43. The first-order valence-corrected chi connectivity index (χ1v) is 6.42. The molecule has 0 saturated carbocycles. The van der Waals surface area contributed by atoms with Crippen molar-refractivity contribution in [2.75, 3.05) is 0 Å². The Kier molecular flexibility index (Phi) is 3.54. The zero-order valence-corrected chi connectivity index (χ0v) is 10.4. The highest BCUT2D eigenvalue weighted by Gasteiger charge is 2.35. The molecular formula is C16H20O. The summed E-state index contributed by atoms with van der Waals surface area (Å²) in [7, 11) is 0. The fraction of sp³-hybridized carbons (Fsp3) is 0.500. The van der Waals surface area contributed by atoms with Gasteiger partial charge in [-0.2, -0.15) is 0 Å². The van der Waals surface area contributed by atoms with Crippen molar-refractivity contribution in [3.63, 3.8) is 0 Å². The summed E-state index contributed by atoms with van der Waals surface area (Å²) in [4.78, 5) is 0. The number of aliphatic hydroxyl groups is 1. The highest BCUT2D eigenvalue weighted by molar-refractivity contribution is 5.37. The summed E-state index contributed by atoms with van der Waals surface area (Å²) in [5.74, 6) is 3.20. The van der Waals surface area contributed by atoms with E-state index in [1.165, 1.54) is 5.56 Å². The first-order valence-electron chi connectivity index (χ1n) is 6.42. The van der Waals surface area contributed by atoms with Gasteiger partial charge in [-0.1, -0.05) is 31.2 Å². The summed E-state index contributed by atoms with van der Waals surface area (Å²) >= 11 is 0. The summed E-state index contributed by atoms with van der Waals surface area (Å²) in [5, 5.41) is 10.8. The molecule has 0 fully saturated rings. The molecule has 2 atom stereocenters. The molecule has 1 aliphatic rings. The van der Waals surface area contributed by atoms with Crippen molar-refractivity contribution in [3.8, 4) is 12.3 Å². The first-order chi connectivity index (χ1) is 8.17. The maximum Gasteiger partial charge on any atom is 0.0899 e. The van der Waals surface area contributed by atoms with E-state index in [0.717, 1.165) is 37.7 Å². The first kappa shape index (κ1) is 12.2. The third-order valence-corrected chi connectivity index (χ3v) is 3.90. The molecule has 1 aromatic carbocycles. The Morgan fingerprint density at radius 1 is 1.47 bits per heavy atom. The Labute approximate surface area is 104 Å². The molecule has 1 N–H and O–H groups in total. The van der Waals surface area contributed by atoms with E-state index in [0.29, 0.717) is 5.92 Å². The molecule has 2 unspecified atom stereocenters. The van der Waals surface area contributed by atoms with Crippen LogP contribution in [0.1, 0.15) is 56.1 Å². The van der Waals surface area contributed by atoms with Gasteiger partial charge in [-0.05, 0) is 42.7 Å². The zero-order valence-electron chi connectivity index (χ0n) is 10.4. The summed E-state index contributed by atoms with van der Waals surface area (Å²) in [6.45, 7) is 2.24. The molecule has 0 bridgehead atoms. The average molecular weight is 228 g/mol. The number of benzene rings is 1. The molecule has 0 saturated heterocycles. The lowest BCUT2D eigenvalue weighted by atomic mass is 9.72. The molecule has 0 aliphatic heterocycles. The standard InChI is InChI=1S/C16H20O/c1-3-4-7-11-16(17)12-10-13(2)14-8-5-6-9-15(14)16/h1,5-6,8-9,13,17H,4,7,10-12H2,2H3. The predicted octanol–water partition coefficient (Wildman–Crippen LogP) is 3.58.